The summed E-state index contributed by atoms with van der Waals surface area (Å²) in [6.45, 7) is 4.17. The first-order valence-corrected chi connectivity index (χ1v) is 7.86. The summed E-state index contributed by atoms with van der Waals surface area (Å²) >= 11 is 0. The molecule has 0 radical (unpaired) electrons. The van der Waals surface area contributed by atoms with Gasteiger partial charge in [-0.05, 0) is 38.3 Å². The molecule has 0 heterocycles. The quantitative estimate of drug-likeness (QED) is 0.758. The van der Waals surface area contributed by atoms with Crippen LogP contribution in [0.3, 0.4) is 0 Å². The van der Waals surface area contributed by atoms with Gasteiger partial charge in [-0.25, -0.2) is 0 Å². The lowest BCUT2D eigenvalue weighted by atomic mass is 9.77. The third-order valence-electron chi connectivity index (χ3n) is 4.24. The van der Waals surface area contributed by atoms with Gasteiger partial charge in [-0.3, -0.25) is 0 Å². The maximum Gasteiger partial charge on any atom is 0.125 e. The van der Waals surface area contributed by atoms with Crippen molar-refractivity contribution in [2.75, 3.05) is 26.9 Å². The molecule has 1 aromatic carbocycles. The van der Waals surface area contributed by atoms with Crippen molar-refractivity contribution in [3.8, 4) is 5.75 Å². The Morgan fingerprint density at radius 3 is 2.62 bits per heavy atom. The maximum atomic E-state index is 11.0. The summed E-state index contributed by atoms with van der Waals surface area (Å²) in [6.07, 6.45) is 3.54. The average Bonchev–Trinajstić information content (AvgIpc) is 2.51. The molecule has 21 heavy (non-hydrogen) atoms. The normalized spacial score (nSPS) is 25.8. The number of para-hydroxylation sites is 1. The zero-order valence-corrected chi connectivity index (χ0v) is 13.1. The topological polar surface area (TPSA) is 50.7 Å². The van der Waals surface area contributed by atoms with Crippen molar-refractivity contribution in [3.05, 3.63) is 29.8 Å². The molecular formula is C17H27NO3. The molecule has 4 heteroatoms. The lowest BCUT2D eigenvalue weighted by Gasteiger charge is -2.37. The van der Waals surface area contributed by atoms with Gasteiger partial charge in [0, 0.05) is 18.7 Å². The van der Waals surface area contributed by atoms with Gasteiger partial charge in [0.1, 0.15) is 12.4 Å². The van der Waals surface area contributed by atoms with Crippen LogP contribution in [-0.4, -0.2) is 38.0 Å². The third-order valence-corrected chi connectivity index (χ3v) is 4.24. The van der Waals surface area contributed by atoms with Crippen LogP contribution in [-0.2, 0) is 10.3 Å². The molecule has 118 valence electrons. The van der Waals surface area contributed by atoms with Gasteiger partial charge in [-0.1, -0.05) is 25.1 Å². The Morgan fingerprint density at radius 1 is 1.24 bits per heavy atom. The molecule has 1 aliphatic carbocycles. The summed E-state index contributed by atoms with van der Waals surface area (Å²) in [5.41, 5.74) is 0.145. The van der Waals surface area contributed by atoms with Crippen LogP contribution < -0.4 is 10.1 Å². The Balaban J connectivity index is 2.06. The van der Waals surface area contributed by atoms with E-state index >= 15 is 0 Å². The largest absolute Gasteiger partial charge is 0.491 e. The summed E-state index contributed by atoms with van der Waals surface area (Å²) in [5, 5.41) is 14.5. The molecule has 1 aliphatic rings. The number of nitrogens with one attached hydrogen (secondary N) is 1. The molecule has 2 rings (SSSR count). The van der Waals surface area contributed by atoms with E-state index in [4.69, 9.17) is 9.47 Å². The van der Waals surface area contributed by atoms with Crippen molar-refractivity contribution < 1.29 is 14.6 Å². The minimum Gasteiger partial charge on any atom is -0.491 e. The number of ether oxygens (including phenoxy) is 2. The second kappa shape index (κ2) is 7.78. The highest BCUT2D eigenvalue weighted by Crippen LogP contribution is 2.41. The number of rotatable bonds is 7. The Hall–Kier alpha value is -1.10. The van der Waals surface area contributed by atoms with Crippen molar-refractivity contribution in [2.45, 2.75) is 44.2 Å². The van der Waals surface area contributed by atoms with E-state index in [9.17, 15) is 5.11 Å². The van der Waals surface area contributed by atoms with E-state index in [2.05, 4.69) is 12.2 Å². The van der Waals surface area contributed by atoms with E-state index in [1.54, 1.807) is 7.11 Å². The van der Waals surface area contributed by atoms with Gasteiger partial charge < -0.3 is 19.9 Å². The molecule has 0 atom stereocenters. The second-order valence-electron chi connectivity index (χ2n) is 5.70. The van der Waals surface area contributed by atoms with Crippen LogP contribution in [0.25, 0.3) is 0 Å². The number of hydrogen-bond donors (Lipinski definition) is 2. The molecule has 4 nitrogen and oxygen atoms in total. The van der Waals surface area contributed by atoms with Gasteiger partial charge >= 0.3 is 0 Å². The van der Waals surface area contributed by atoms with Crippen LogP contribution in [0.15, 0.2) is 24.3 Å². The van der Waals surface area contributed by atoms with E-state index in [0.717, 1.165) is 43.5 Å². The number of benzene rings is 1. The zero-order valence-electron chi connectivity index (χ0n) is 13.1. The van der Waals surface area contributed by atoms with Crippen LogP contribution in [0.5, 0.6) is 5.75 Å². The van der Waals surface area contributed by atoms with Gasteiger partial charge in [0.25, 0.3) is 0 Å². The summed E-state index contributed by atoms with van der Waals surface area (Å²) in [4.78, 5) is 0. The zero-order chi connectivity index (χ0) is 15.1. The Bertz CT molecular complexity index is 428. The molecule has 0 bridgehead atoms. The highest BCUT2D eigenvalue weighted by molar-refractivity contribution is 5.38. The maximum absolute atomic E-state index is 11.0. The fraction of sp³-hybridized carbons (Fsp3) is 0.647. The molecule has 0 aliphatic heterocycles. The monoisotopic (exact) mass is 293 g/mol. The summed E-state index contributed by atoms with van der Waals surface area (Å²) < 4.78 is 10.8. The van der Waals surface area contributed by atoms with E-state index in [-0.39, 0.29) is 0 Å². The number of aliphatic hydroxyl groups is 1. The fourth-order valence-electron chi connectivity index (χ4n) is 3.07. The lowest BCUT2D eigenvalue weighted by Crippen LogP contribution is -2.39. The SMILES string of the molecule is CCNC1CCC(O)(c2ccccc2OCCOC)CC1. The summed E-state index contributed by atoms with van der Waals surface area (Å²) in [7, 11) is 1.66. The summed E-state index contributed by atoms with van der Waals surface area (Å²) in [5.74, 6) is 0.777. The summed E-state index contributed by atoms with van der Waals surface area (Å²) in [6, 6.07) is 8.35. The van der Waals surface area contributed by atoms with E-state index in [0.29, 0.717) is 19.3 Å². The Morgan fingerprint density at radius 2 is 1.95 bits per heavy atom. The smallest absolute Gasteiger partial charge is 0.125 e. The predicted molar refractivity (Wildman–Crippen MR) is 83.6 cm³/mol. The molecule has 0 aromatic heterocycles. The Labute approximate surface area is 127 Å². The van der Waals surface area contributed by atoms with E-state index in [1.807, 2.05) is 24.3 Å². The first-order chi connectivity index (χ1) is 10.2. The molecule has 1 fully saturated rings. The highest BCUT2D eigenvalue weighted by Gasteiger charge is 2.36. The molecule has 0 spiro atoms. The minimum atomic E-state index is -0.768. The minimum absolute atomic E-state index is 0.504. The molecule has 1 saturated carbocycles. The number of methoxy groups -OCH3 is 1. The predicted octanol–water partition coefficient (Wildman–Crippen LogP) is 2.45. The van der Waals surface area contributed by atoms with Crippen molar-refractivity contribution in [1.82, 2.24) is 5.32 Å². The van der Waals surface area contributed by atoms with Crippen LogP contribution in [0, 0.1) is 0 Å². The molecule has 0 unspecified atom stereocenters. The van der Waals surface area contributed by atoms with Gasteiger partial charge in [0.2, 0.25) is 0 Å². The lowest BCUT2D eigenvalue weighted by molar-refractivity contribution is -0.0108. The van der Waals surface area contributed by atoms with E-state index < -0.39 is 5.60 Å². The van der Waals surface area contributed by atoms with Crippen molar-refractivity contribution >= 4 is 0 Å². The van der Waals surface area contributed by atoms with Crippen LogP contribution in [0.1, 0.15) is 38.2 Å². The van der Waals surface area contributed by atoms with Crippen LogP contribution in [0.4, 0.5) is 0 Å². The highest BCUT2D eigenvalue weighted by atomic mass is 16.5. The van der Waals surface area contributed by atoms with Gasteiger partial charge in [0.15, 0.2) is 0 Å². The van der Waals surface area contributed by atoms with Crippen molar-refractivity contribution in [2.24, 2.45) is 0 Å². The first-order valence-electron chi connectivity index (χ1n) is 7.86. The van der Waals surface area contributed by atoms with Gasteiger partial charge in [-0.2, -0.15) is 0 Å². The van der Waals surface area contributed by atoms with Crippen LogP contribution in [0.2, 0.25) is 0 Å². The second-order valence-corrected chi connectivity index (χ2v) is 5.70. The third kappa shape index (κ3) is 4.19. The molecule has 0 saturated heterocycles. The van der Waals surface area contributed by atoms with Crippen molar-refractivity contribution in [1.29, 1.82) is 0 Å². The first kappa shape index (κ1) is 16.3. The molecular weight excluding hydrogens is 266 g/mol. The van der Waals surface area contributed by atoms with E-state index in [1.165, 1.54) is 0 Å². The average molecular weight is 293 g/mol. The molecule has 0 amide bonds. The number of hydrogen-bond acceptors (Lipinski definition) is 4. The van der Waals surface area contributed by atoms with Crippen LogP contribution >= 0.6 is 0 Å². The van der Waals surface area contributed by atoms with Crippen molar-refractivity contribution in [3.63, 3.8) is 0 Å². The Kier molecular flexibility index (Phi) is 6.03. The molecule has 2 N–H and O–H groups in total. The molecule has 1 aromatic rings. The van der Waals surface area contributed by atoms with Gasteiger partial charge in [-0.15, -0.1) is 0 Å². The fourth-order valence-corrected chi connectivity index (χ4v) is 3.07. The van der Waals surface area contributed by atoms with Gasteiger partial charge in [0.05, 0.1) is 12.2 Å². The standard InChI is InChI=1S/C17H27NO3/c1-3-18-14-8-10-17(19,11-9-14)15-6-4-5-7-16(15)21-13-12-20-2/h4-7,14,18-19H,3,8-13H2,1-2H3.